The normalized spacial score (nSPS) is 31.7. The van der Waals surface area contributed by atoms with Gasteiger partial charge in [-0.1, -0.05) is 49.4 Å². The van der Waals surface area contributed by atoms with Crippen LogP contribution in [0.25, 0.3) is 11.0 Å². The third-order valence-electron chi connectivity index (χ3n) is 9.72. The Morgan fingerprint density at radius 3 is 2.23 bits per heavy atom. The summed E-state index contributed by atoms with van der Waals surface area (Å²) in [6.07, 6.45) is 14.8. The Labute approximate surface area is 230 Å². The number of aromatic nitrogens is 2. The number of para-hydroxylation sites is 2. The maximum absolute atomic E-state index is 14.0. The molecular formula is C31H42N4O4. The molecule has 39 heavy (non-hydrogen) atoms. The molecule has 4 fully saturated rings. The van der Waals surface area contributed by atoms with E-state index in [-0.39, 0.29) is 23.4 Å². The number of carboxylic acids is 1. The summed E-state index contributed by atoms with van der Waals surface area (Å²) in [6, 6.07) is 9.18. The number of piperidine rings is 2. The van der Waals surface area contributed by atoms with Crippen molar-refractivity contribution in [2.24, 2.45) is 17.0 Å². The lowest BCUT2D eigenvalue weighted by molar-refractivity contribution is -0.129. The van der Waals surface area contributed by atoms with Crippen molar-refractivity contribution in [3.8, 4) is 0 Å². The number of benzene rings is 1. The molecule has 1 N–H and O–H groups in total. The first-order chi connectivity index (χ1) is 18.9. The fourth-order valence-electron chi connectivity index (χ4n) is 8.32. The van der Waals surface area contributed by atoms with Crippen LogP contribution in [0.2, 0.25) is 0 Å². The average molecular weight is 535 g/mol. The summed E-state index contributed by atoms with van der Waals surface area (Å²) in [7, 11) is 0. The van der Waals surface area contributed by atoms with Gasteiger partial charge in [0.05, 0.1) is 11.0 Å². The molecule has 4 aliphatic rings. The number of aliphatic carboxylic acids is 1. The molecule has 2 saturated carbocycles. The number of rotatable bonds is 6. The molecule has 2 aliphatic heterocycles. The number of nitrogens with zero attached hydrogens (tertiary/aromatic N) is 4. The molecule has 2 saturated heterocycles. The first kappa shape index (κ1) is 26.5. The molecule has 4 bridgehead atoms. The summed E-state index contributed by atoms with van der Waals surface area (Å²) in [5, 5.41) is 13.8. The molecule has 1 aromatic heterocycles. The molecule has 3 heterocycles. The van der Waals surface area contributed by atoms with E-state index in [2.05, 4.69) is 15.0 Å². The highest BCUT2D eigenvalue weighted by atomic mass is 16.6. The fourth-order valence-corrected chi connectivity index (χ4v) is 8.32. The zero-order valence-corrected chi connectivity index (χ0v) is 23.3. The van der Waals surface area contributed by atoms with Crippen LogP contribution in [0.3, 0.4) is 0 Å². The molecular weight excluding hydrogens is 492 g/mol. The van der Waals surface area contributed by atoms with Crippen molar-refractivity contribution in [1.29, 1.82) is 0 Å². The van der Waals surface area contributed by atoms with Crippen LogP contribution in [-0.2, 0) is 9.63 Å². The van der Waals surface area contributed by atoms with Crippen molar-refractivity contribution in [3.05, 3.63) is 40.3 Å². The van der Waals surface area contributed by atoms with E-state index in [1.54, 1.807) is 13.8 Å². The van der Waals surface area contributed by atoms with Gasteiger partial charge in [-0.15, -0.1) is 0 Å². The highest BCUT2D eigenvalue weighted by Crippen LogP contribution is 2.47. The fraction of sp³-hybridized carbons (Fsp3) is 0.677. The highest BCUT2D eigenvalue weighted by molar-refractivity contribution is 6.41. The average Bonchev–Trinajstić information content (AvgIpc) is 3.07. The molecule has 8 nitrogen and oxygen atoms in total. The van der Waals surface area contributed by atoms with Crippen LogP contribution in [0.5, 0.6) is 0 Å². The molecule has 2 aromatic rings. The molecule has 4 atom stereocenters. The van der Waals surface area contributed by atoms with Crippen molar-refractivity contribution in [3.63, 3.8) is 0 Å². The first-order valence-electron chi connectivity index (χ1n) is 15.1. The Morgan fingerprint density at radius 1 is 0.923 bits per heavy atom. The summed E-state index contributed by atoms with van der Waals surface area (Å²) in [5.41, 5.74) is 0.402. The van der Waals surface area contributed by atoms with Crippen molar-refractivity contribution >= 4 is 22.7 Å². The van der Waals surface area contributed by atoms with Crippen molar-refractivity contribution < 1.29 is 14.7 Å². The van der Waals surface area contributed by atoms with E-state index in [1.165, 1.54) is 64.2 Å². The van der Waals surface area contributed by atoms with Crippen LogP contribution in [0, 0.1) is 11.8 Å². The maximum atomic E-state index is 14.0. The van der Waals surface area contributed by atoms with Crippen LogP contribution in [0.1, 0.15) is 103 Å². The Bertz CT molecular complexity index is 1280. The minimum atomic E-state index is -1.31. The van der Waals surface area contributed by atoms with Crippen molar-refractivity contribution in [2.45, 2.75) is 121 Å². The second-order valence-corrected chi connectivity index (χ2v) is 12.7. The van der Waals surface area contributed by atoms with E-state index in [4.69, 9.17) is 4.84 Å². The van der Waals surface area contributed by atoms with Gasteiger partial charge in [0.1, 0.15) is 6.10 Å². The van der Waals surface area contributed by atoms with E-state index in [1.807, 2.05) is 28.8 Å². The van der Waals surface area contributed by atoms with E-state index in [0.29, 0.717) is 23.6 Å². The standard InChI is InChI=1S/C31H42N4O4/c1-19(2)39-33-29(31(37)38)28-30(36)35(27-13-6-5-12-26(27)32-28)25-17-22-10-7-11-23(18-25)34(22)24-15-20-8-3-4-9-21(14-20)16-24/h5-6,12-13,19-25H,3-4,7-11,14-18H2,1-2H3,(H,37,38). The summed E-state index contributed by atoms with van der Waals surface area (Å²) in [5.74, 6) is 0.448. The largest absolute Gasteiger partial charge is 0.476 e. The van der Waals surface area contributed by atoms with E-state index in [9.17, 15) is 14.7 Å². The maximum Gasteiger partial charge on any atom is 0.360 e. The molecule has 0 spiro atoms. The Kier molecular flexibility index (Phi) is 7.49. The zero-order valence-electron chi connectivity index (χ0n) is 23.3. The van der Waals surface area contributed by atoms with Crippen molar-refractivity contribution in [2.75, 3.05) is 0 Å². The quantitative estimate of drug-likeness (QED) is 0.387. The predicted octanol–water partition coefficient (Wildman–Crippen LogP) is 5.53. The molecule has 6 rings (SSSR count). The number of oxime groups is 1. The highest BCUT2D eigenvalue weighted by Gasteiger charge is 2.45. The third-order valence-corrected chi connectivity index (χ3v) is 9.72. The molecule has 8 heteroatoms. The topological polar surface area (TPSA) is 97.0 Å². The number of hydrogen-bond acceptors (Lipinski definition) is 6. The molecule has 0 amide bonds. The van der Waals surface area contributed by atoms with Crippen molar-refractivity contribution in [1.82, 2.24) is 14.5 Å². The van der Waals surface area contributed by atoms with Crippen LogP contribution in [-0.4, -0.2) is 55.5 Å². The first-order valence-corrected chi connectivity index (χ1v) is 15.1. The lowest BCUT2D eigenvalue weighted by Gasteiger charge is -2.54. The van der Waals surface area contributed by atoms with Gasteiger partial charge in [0.15, 0.2) is 5.69 Å². The summed E-state index contributed by atoms with van der Waals surface area (Å²) in [4.78, 5) is 38.9. The molecule has 1 aromatic carbocycles. The van der Waals surface area contributed by atoms with E-state index < -0.39 is 11.7 Å². The minimum absolute atomic E-state index is 0.00244. The van der Waals surface area contributed by atoms with Crippen LogP contribution in [0.4, 0.5) is 0 Å². The van der Waals surface area contributed by atoms with Gasteiger partial charge in [-0.2, -0.15) is 0 Å². The smallest absolute Gasteiger partial charge is 0.360 e. The van der Waals surface area contributed by atoms with Gasteiger partial charge in [0, 0.05) is 24.2 Å². The summed E-state index contributed by atoms with van der Waals surface area (Å²) >= 11 is 0. The van der Waals surface area contributed by atoms with Gasteiger partial charge < -0.3 is 14.5 Å². The molecule has 2 aliphatic carbocycles. The Balaban J connectivity index is 1.36. The Hall–Kier alpha value is -2.74. The SMILES string of the molecule is CC(C)ON=C(C(=O)O)c1nc2ccccc2n(C2CC3CCCC(C2)N3C2CC3CCCCC(C3)C2)c1=O. The van der Waals surface area contributed by atoms with E-state index >= 15 is 0 Å². The third kappa shape index (κ3) is 5.24. The molecule has 210 valence electrons. The lowest BCUT2D eigenvalue weighted by atomic mass is 9.73. The zero-order chi connectivity index (χ0) is 27.1. The number of fused-ring (bicyclic) bond motifs is 5. The summed E-state index contributed by atoms with van der Waals surface area (Å²) in [6.45, 7) is 3.53. The second-order valence-electron chi connectivity index (χ2n) is 12.7. The minimum Gasteiger partial charge on any atom is -0.476 e. The summed E-state index contributed by atoms with van der Waals surface area (Å²) < 4.78 is 1.84. The number of carbonyl (C=O) groups is 1. The Morgan fingerprint density at radius 2 is 1.59 bits per heavy atom. The molecule has 4 unspecified atom stereocenters. The van der Waals surface area contributed by atoms with Gasteiger partial charge in [0.25, 0.3) is 5.56 Å². The van der Waals surface area contributed by atoms with Crippen LogP contribution in [0.15, 0.2) is 34.2 Å². The second kappa shape index (κ2) is 11.0. The van der Waals surface area contributed by atoms with Gasteiger partial charge in [0.2, 0.25) is 5.71 Å². The molecule has 0 radical (unpaired) electrons. The monoisotopic (exact) mass is 534 g/mol. The van der Waals surface area contributed by atoms with Crippen LogP contribution >= 0.6 is 0 Å². The van der Waals surface area contributed by atoms with Gasteiger partial charge >= 0.3 is 5.97 Å². The van der Waals surface area contributed by atoms with Gasteiger partial charge in [-0.25, -0.2) is 9.78 Å². The van der Waals surface area contributed by atoms with Gasteiger partial charge in [-0.3, -0.25) is 9.69 Å². The van der Waals surface area contributed by atoms with Crippen LogP contribution < -0.4 is 5.56 Å². The van der Waals surface area contributed by atoms with Gasteiger partial charge in [-0.05, 0) is 82.8 Å². The predicted molar refractivity (Wildman–Crippen MR) is 151 cm³/mol. The lowest BCUT2D eigenvalue weighted by Crippen LogP contribution is -2.58. The van der Waals surface area contributed by atoms with E-state index in [0.717, 1.165) is 30.2 Å². The number of carboxylic acid groups (broad SMARTS) is 1. The number of hydrogen-bond donors (Lipinski definition) is 1.